The minimum Gasteiger partial charge on any atom is -0.126 e. The number of hydrogen-bond acceptors (Lipinski definition) is 0. The summed E-state index contributed by atoms with van der Waals surface area (Å²) in [5, 5.41) is 0. The minimum atomic E-state index is 0.539. The molecule has 0 amide bonds. The van der Waals surface area contributed by atoms with Gasteiger partial charge >= 0.3 is 0 Å². The molecule has 0 saturated carbocycles. The Morgan fingerprint density at radius 3 is 1.95 bits per heavy atom. The summed E-state index contributed by atoms with van der Waals surface area (Å²) in [5.41, 5.74) is 2.74. The quantitative estimate of drug-likeness (QED) is 0.309. The van der Waals surface area contributed by atoms with Crippen LogP contribution in [0.3, 0.4) is 0 Å². The van der Waals surface area contributed by atoms with Gasteiger partial charge in [-0.3, -0.25) is 0 Å². The maximum absolute atomic E-state index is 6.14. The Morgan fingerprint density at radius 2 is 1.40 bits per heavy atom. The summed E-state index contributed by atoms with van der Waals surface area (Å²) < 4.78 is 0. The SMILES string of the molecule is CCCCCCCCCCC(CCl)c1ccc(C)cc1. The van der Waals surface area contributed by atoms with Gasteiger partial charge in [-0.15, -0.1) is 11.6 Å². The van der Waals surface area contributed by atoms with E-state index in [1.54, 1.807) is 0 Å². The lowest BCUT2D eigenvalue weighted by Gasteiger charge is -2.14. The molecule has 1 rings (SSSR count). The van der Waals surface area contributed by atoms with Crippen LogP contribution in [0.5, 0.6) is 0 Å². The topological polar surface area (TPSA) is 0 Å². The lowest BCUT2D eigenvalue weighted by atomic mass is 9.94. The van der Waals surface area contributed by atoms with E-state index in [2.05, 4.69) is 38.1 Å². The molecule has 0 N–H and O–H groups in total. The van der Waals surface area contributed by atoms with Gasteiger partial charge in [0.1, 0.15) is 0 Å². The molecule has 0 spiro atoms. The first kappa shape index (κ1) is 17.6. The fraction of sp³-hybridized carbons (Fsp3) is 0.684. The Morgan fingerprint density at radius 1 is 0.850 bits per heavy atom. The number of aryl methyl sites for hydroxylation is 1. The third-order valence-electron chi connectivity index (χ3n) is 4.14. The van der Waals surface area contributed by atoms with Crippen LogP contribution < -0.4 is 0 Å². The molecular formula is C19H31Cl. The van der Waals surface area contributed by atoms with E-state index in [0.717, 1.165) is 5.88 Å². The van der Waals surface area contributed by atoms with Gasteiger partial charge in [-0.2, -0.15) is 0 Å². The molecule has 0 bridgehead atoms. The van der Waals surface area contributed by atoms with E-state index in [-0.39, 0.29) is 0 Å². The Labute approximate surface area is 130 Å². The summed E-state index contributed by atoms with van der Waals surface area (Å²) in [6.45, 7) is 4.41. The van der Waals surface area contributed by atoms with Crippen LogP contribution >= 0.6 is 11.6 Å². The van der Waals surface area contributed by atoms with Crippen molar-refractivity contribution < 1.29 is 0 Å². The van der Waals surface area contributed by atoms with Gasteiger partial charge in [-0.25, -0.2) is 0 Å². The summed E-state index contributed by atoms with van der Waals surface area (Å²) in [4.78, 5) is 0. The molecule has 0 aliphatic carbocycles. The number of hydrogen-bond donors (Lipinski definition) is 0. The Kier molecular flexibility index (Phi) is 9.83. The minimum absolute atomic E-state index is 0.539. The molecule has 0 heterocycles. The molecule has 0 aliphatic rings. The average molecular weight is 295 g/mol. The van der Waals surface area contributed by atoms with Gasteiger partial charge in [-0.1, -0.05) is 88.1 Å². The number of halogens is 1. The van der Waals surface area contributed by atoms with Crippen LogP contribution in [0.4, 0.5) is 0 Å². The van der Waals surface area contributed by atoms with Crippen molar-refractivity contribution in [1.29, 1.82) is 0 Å². The maximum atomic E-state index is 6.14. The van der Waals surface area contributed by atoms with Gasteiger partial charge in [0.25, 0.3) is 0 Å². The van der Waals surface area contributed by atoms with Crippen LogP contribution in [0.2, 0.25) is 0 Å². The molecule has 0 saturated heterocycles. The van der Waals surface area contributed by atoms with Crippen LogP contribution in [-0.4, -0.2) is 5.88 Å². The molecule has 1 unspecified atom stereocenters. The lowest BCUT2D eigenvalue weighted by Crippen LogP contribution is -2.00. The third kappa shape index (κ3) is 7.33. The second-order valence-electron chi connectivity index (χ2n) is 6.03. The fourth-order valence-electron chi connectivity index (χ4n) is 2.70. The largest absolute Gasteiger partial charge is 0.126 e. The third-order valence-corrected chi connectivity index (χ3v) is 4.51. The molecule has 1 aromatic carbocycles. The van der Waals surface area contributed by atoms with Crippen molar-refractivity contribution in [2.45, 2.75) is 77.6 Å². The molecule has 1 aromatic rings. The molecule has 1 atom stereocenters. The van der Waals surface area contributed by atoms with E-state index < -0.39 is 0 Å². The summed E-state index contributed by atoms with van der Waals surface area (Å²) in [5.74, 6) is 1.29. The highest BCUT2D eigenvalue weighted by atomic mass is 35.5. The number of unbranched alkanes of at least 4 members (excludes halogenated alkanes) is 7. The number of benzene rings is 1. The molecule has 0 aromatic heterocycles. The van der Waals surface area contributed by atoms with E-state index in [1.807, 2.05) is 0 Å². The van der Waals surface area contributed by atoms with Crippen molar-refractivity contribution in [1.82, 2.24) is 0 Å². The van der Waals surface area contributed by atoms with Crippen molar-refractivity contribution >= 4 is 11.6 Å². The van der Waals surface area contributed by atoms with Crippen molar-refractivity contribution in [3.05, 3.63) is 35.4 Å². The van der Waals surface area contributed by atoms with Crippen molar-refractivity contribution in [3.8, 4) is 0 Å². The second-order valence-corrected chi connectivity index (χ2v) is 6.33. The first-order valence-electron chi connectivity index (χ1n) is 8.40. The molecule has 1 heteroatoms. The van der Waals surface area contributed by atoms with E-state index in [9.17, 15) is 0 Å². The average Bonchev–Trinajstić information content (AvgIpc) is 2.47. The monoisotopic (exact) mass is 294 g/mol. The zero-order valence-electron chi connectivity index (χ0n) is 13.3. The van der Waals surface area contributed by atoms with Crippen LogP contribution in [-0.2, 0) is 0 Å². The highest BCUT2D eigenvalue weighted by Crippen LogP contribution is 2.24. The van der Waals surface area contributed by atoms with Gasteiger partial charge in [0.2, 0.25) is 0 Å². The summed E-state index contributed by atoms with van der Waals surface area (Å²) in [6, 6.07) is 8.88. The van der Waals surface area contributed by atoms with Crippen LogP contribution in [0, 0.1) is 6.92 Å². The smallest absolute Gasteiger partial charge is 0.0292 e. The van der Waals surface area contributed by atoms with Gasteiger partial charge < -0.3 is 0 Å². The lowest BCUT2D eigenvalue weighted by molar-refractivity contribution is 0.545. The van der Waals surface area contributed by atoms with E-state index in [1.165, 1.54) is 68.9 Å². The molecule has 20 heavy (non-hydrogen) atoms. The summed E-state index contributed by atoms with van der Waals surface area (Å²) in [6.07, 6.45) is 12.3. The molecule has 0 nitrogen and oxygen atoms in total. The summed E-state index contributed by atoms with van der Waals surface area (Å²) >= 11 is 6.14. The predicted molar refractivity (Wildman–Crippen MR) is 91.9 cm³/mol. The second kappa shape index (κ2) is 11.2. The van der Waals surface area contributed by atoms with Gasteiger partial charge in [-0.05, 0) is 24.8 Å². The molecule has 0 radical (unpaired) electrons. The van der Waals surface area contributed by atoms with Gasteiger partial charge in [0.05, 0.1) is 0 Å². The Bertz CT molecular complexity index is 328. The van der Waals surface area contributed by atoms with Gasteiger partial charge in [0.15, 0.2) is 0 Å². The van der Waals surface area contributed by atoms with Crippen LogP contribution in [0.25, 0.3) is 0 Å². The molecular weight excluding hydrogens is 264 g/mol. The van der Waals surface area contributed by atoms with Crippen molar-refractivity contribution in [2.24, 2.45) is 0 Å². The van der Waals surface area contributed by atoms with Crippen LogP contribution in [0.15, 0.2) is 24.3 Å². The van der Waals surface area contributed by atoms with Crippen molar-refractivity contribution in [2.75, 3.05) is 5.88 Å². The number of alkyl halides is 1. The Hall–Kier alpha value is -0.490. The molecule has 114 valence electrons. The fourth-order valence-corrected chi connectivity index (χ4v) is 3.03. The van der Waals surface area contributed by atoms with Crippen LogP contribution in [0.1, 0.15) is 81.8 Å². The zero-order valence-corrected chi connectivity index (χ0v) is 14.1. The highest BCUT2D eigenvalue weighted by molar-refractivity contribution is 6.18. The first-order valence-corrected chi connectivity index (χ1v) is 8.94. The molecule has 0 aliphatic heterocycles. The van der Waals surface area contributed by atoms with E-state index in [0.29, 0.717) is 5.92 Å². The van der Waals surface area contributed by atoms with E-state index >= 15 is 0 Å². The predicted octanol–water partition coefficient (Wildman–Crippen LogP) is 6.85. The van der Waals surface area contributed by atoms with Gasteiger partial charge in [0, 0.05) is 5.88 Å². The summed E-state index contributed by atoms with van der Waals surface area (Å²) in [7, 11) is 0. The van der Waals surface area contributed by atoms with Crippen molar-refractivity contribution in [3.63, 3.8) is 0 Å². The number of rotatable bonds is 11. The zero-order chi connectivity index (χ0) is 14.6. The van der Waals surface area contributed by atoms with E-state index in [4.69, 9.17) is 11.6 Å². The standard InChI is InChI=1S/C19H31Cl/c1-3-4-5-6-7-8-9-10-11-19(16-20)18-14-12-17(2)13-15-18/h12-15,19H,3-11,16H2,1-2H3. The first-order chi connectivity index (χ1) is 9.77. The Balaban J connectivity index is 2.14. The molecule has 0 fully saturated rings. The maximum Gasteiger partial charge on any atom is 0.0292 e. The normalized spacial score (nSPS) is 12.6. The highest BCUT2D eigenvalue weighted by Gasteiger charge is 2.09.